The second kappa shape index (κ2) is 3.03. The van der Waals surface area contributed by atoms with Crippen LogP contribution in [0.15, 0.2) is 24.3 Å². The van der Waals surface area contributed by atoms with Gasteiger partial charge in [0.1, 0.15) is 0 Å². The van der Waals surface area contributed by atoms with Crippen LogP contribution in [0.5, 0.6) is 11.5 Å². The van der Waals surface area contributed by atoms with E-state index in [0.29, 0.717) is 5.75 Å². The number of rotatable bonds is 2. The van der Waals surface area contributed by atoms with Crippen molar-refractivity contribution in [2.75, 3.05) is 6.61 Å². The molecule has 3 nitrogen and oxygen atoms in total. The van der Waals surface area contributed by atoms with Crippen molar-refractivity contribution in [3.8, 4) is 11.5 Å². The largest absolute Gasteiger partial charge is 0.504 e. The summed E-state index contributed by atoms with van der Waals surface area (Å²) in [5.41, 5.74) is 0. The summed E-state index contributed by atoms with van der Waals surface area (Å²) in [5, 5.41) is 9.30. The molecule has 1 unspecified atom stereocenters. The molecule has 1 fully saturated rings. The molecule has 1 aliphatic heterocycles. The smallest absolute Gasteiger partial charge is 0.202 e. The zero-order valence-electron chi connectivity index (χ0n) is 6.56. The minimum Gasteiger partial charge on any atom is -0.504 e. The monoisotopic (exact) mass is 166 g/mol. The van der Waals surface area contributed by atoms with Gasteiger partial charge in [-0.25, -0.2) is 0 Å². The molecule has 1 saturated heterocycles. The van der Waals surface area contributed by atoms with Gasteiger partial charge in [-0.3, -0.25) is 0 Å². The maximum absolute atomic E-state index is 9.30. The molecule has 2 rings (SSSR count). The average molecular weight is 166 g/mol. The highest BCUT2D eigenvalue weighted by Crippen LogP contribution is 2.27. The molecule has 0 amide bonds. The first-order chi connectivity index (χ1) is 5.86. The van der Waals surface area contributed by atoms with Crippen molar-refractivity contribution in [2.45, 2.75) is 12.7 Å². The Balaban J connectivity index is 2.06. The highest BCUT2D eigenvalue weighted by molar-refractivity contribution is 5.37. The van der Waals surface area contributed by atoms with Gasteiger partial charge in [-0.2, -0.15) is 0 Å². The molecule has 1 aromatic rings. The molecule has 0 radical (unpaired) electrons. The number of para-hydroxylation sites is 2. The number of aromatic hydroxyl groups is 1. The Bertz CT molecular complexity index is 268. The third-order valence-electron chi connectivity index (χ3n) is 1.78. The predicted octanol–water partition coefficient (Wildman–Crippen LogP) is 1.52. The standard InChI is InChI=1S/C9H10O3/c10-7-3-1-2-4-8(7)12-9-5-6-11-9/h1-4,9-10H,5-6H2. The molecule has 0 aromatic heterocycles. The molecule has 0 aliphatic carbocycles. The lowest BCUT2D eigenvalue weighted by molar-refractivity contribution is -0.165. The van der Waals surface area contributed by atoms with E-state index in [1.165, 1.54) is 0 Å². The van der Waals surface area contributed by atoms with Gasteiger partial charge in [0.25, 0.3) is 0 Å². The lowest BCUT2D eigenvalue weighted by atomic mass is 10.3. The van der Waals surface area contributed by atoms with Crippen molar-refractivity contribution in [3.63, 3.8) is 0 Å². The van der Waals surface area contributed by atoms with Gasteiger partial charge in [0.15, 0.2) is 11.5 Å². The second-order valence-corrected chi connectivity index (χ2v) is 2.67. The minimum atomic E-state index is -0.168. The van der Waals surface area contributed by atoms with Gasteiger partial charge in [0, 0.05) is 6.42 Å². The van der Waals surface area contributed by atoms with Crippen LogP contribution in [0, 0.1) is 0 Å². The van der Waals surface area contributed by atoms with E-state index in [1.54, 1.807) is 18.2 Å². The number of phenolic OH excluding ortho intramolecular Hbond substituents is 1. The zero-order chi connectivity index (χ0) is 8.39. The molecular weight excluding hydrogens is 156 g/mol. The fraction of sp³-hybridized carbons (Fsp3) is 0.333. The third kappa shape index (κ3) is 1.36. The van der Waals surface area contributed by atoms with Crippen LogP contribution < -0.4 is 4.74 Å². The first-order valence-electron chi connectivity index (χ1n) is 3.92. The highest BCUT2D eigenvalue weighted by Gasteiger charge is 2.20. The van der Waals surface area contributed by atoms with Crippen LogP contribution in [0.1, 0.15) is 6.42 Å². The van der Waals surface area contributed by atoms with Crippen LogP contribution in [0.2, 0.25) is 0 Å². The van der Waals surface area contributed by atoms with Gasteiger partial charge in [0.05, 0.1) is 6.61 Å². The summed E-state index contributed by atoms with van der Waals surface area (Å²) in [5.74, 6) is 0.648. The van der Waals surface area contributed by atoms with Crippen LogP contribution in [-0.4, -0.2) is 18.0 Å². The molecule has 3 heteroatoms. The quantitative estimate of drug-likeness (QED) is 0.723. The molecule has 0 bridgehead atoms. The van der Waals surface area contributed by atoms with E-state index in [-0.39, 0.29) is 12.0 Å². The number of phenols is 1. The van der Waals surface area contributed by atoms with Crippen molar-refractivity contribution in [2.24, 2.45) is 0 Å². The van der Waals surface area contributed by atoms with E-state index >= 15 is 0 Å². The van der Waals surface area contributed by atoms with Crippen LogP contribution in [-0.2, 0) is 4.74 Å². The van der Waals surface area contributed by atoms with E-state index in [9.17, 15) is 5.11 Å². The van der Waals surface area contributed by atoms with Crippen molar-refractivity contribution < 1.29 is 14.6 Å². The van der Waals surface area contributed by atoms with Gasteiger partial charge >= 0.3 is 0 Å². The lowest BCUT2D eigenvalue weighted by Crippen LogP contribution is -2.32. The molecule has 1 aromatic carbocycles. The van der Waals surface area contributed by atoms with Gasteiger partial charge in [-0.15, -0.1) is 0 Å². The van der Waals surface area contributed by atoms with Gasteiger partial charge < -0.3 is 14.6 Å². The predicted molar refractivity (Wildman–Crippen MR) is 43.1 cm³/mol. The normalized spacial score (nSPS) is 21.5. The average Bonchev–Trinajstić information content (AvgIpc) is 2.00. The van der Waals surface area contributed by atoms with E-state index in [1.807, 2.05) is 6.07 Å². The highest BCUT2D eigenvalue weighted by atomic mass is 16.7. The molecule has 12 heavy (non-hydrogen) atoms. The zero-order valence-corrected chi connectivity index (χ0v) is 6.56. The number of ether oxygens (including phenoxy) is 2. The summed E-state index contributed by atoms with van der Waals surface area (Å²) in [6, 6.07) is 6.88. The first-order valence-corrected chi connectivity index (χ1v) is 3.92. The summed E-state index contributed by atoms with van der Waals surface area (Å²) >= 11 is 0. The van der Waals surface area contributed by atoms with E-state index in [0.717, 1.165) is 13.0 Å². The lowest BCUT2D eigenvalue weighted by Gasteiger charge is -2.26. The Labute approximate surface area is 70.5 Å². The SMILES string of the molecule is Oc1ccccc1OC1CCO1. The van der Waals surface area contributed by atoms with Crippen molar-refractivity contribution in [1.82, 2.24) is 0 Å². The Hall–Kier alpha value is -1.22. The van der Waals surface area contributed by atoms with Crippen molar-refractivity contribution in [1.29, 1.82) is 0 Å². The summed E-state index contributed by atoms with van der Waals surface area (Å²) in [4.78, 5) is 0. The summed E-state index contributed by atoms with van der Waals surface area (Å²) < 4.78 is 10.4. The molecule has 0 saturated carbocycles. The second-order valence-electron chi connectivity index (χ2n) is 2.67. The fourth-order valence-electron chi connectivity index (χ4n) is 1.01. The molecule has 1 N–H and O–H groups in total. The van der Waals surface area contributed by atoms with E-state index in [4.69, 9.17) is 9.47 Å². The van der Waals surface area contributed by atoms with Crippen LogP contribution in [0.3, 0.4) is 0 Å². The Kier molecular flexibility index (Phi) is 1.87. The molecule has 1 heterocycles. The molecule has 1 aliphatic rings. The molecule has 64 valence electrons. The van der Waals surface area contributed by atoms with Crippen molar-refractivity contribution >= 4 is 0 Å². The summed E-state index contributed by atoms with van der Waals surface area (Å²) in [7, 11) is 0. The maximum Gasteiger partial charge on any atom is 0.202 e. The van der Waals surface area contributed by atoms with Crippen LogP contribution in [0.25, 0.3) is 0 Å². The first kappa shape index (κ1) is 7.43. The fourth-order valence-corrected chi connectivity index (χ4v) is 1.01. The van der Waals surface area contributed by atoms with Gasteiger partial charge in [0.2, 0.25) is 6.29 Å². The minimum absolute atomic E-state index is 0.160. The Morgan fingerprint density at radius 2 is 2.17 bits per heavy atom. The Morgan fingerprint density at radius 1 is 1.42 bits per heavy atom. The van der Waals surface area contributed by atoms with E-state index in [2.05, 4.69) is 0 Å². The van der Waals surface area contributed by atoms with Gasteiger partial charge in [-0.1, -0.05) is 12.1 Å². The Morgan fingerprint density at radius 3 is 2.75 bits per heavy atom. The summed E-state index contributed by atoms with van der Waals surface area (Å²) in [6.07, 6.45) is 0.729. The number of hydrogen-bond acceptors (Lipinski definition) is 3. The molecular formula is C9H10O3. The van der Waals surface area contributed by atoms with Crippen molar-refractivity contribution in [3.05, 3.63) is 24.3 Å². The van der Waals surface area contributed by atoms with Crippen LogP contribution in [0.4, 0.5) is 0 Å². The van der Waals surface area contributed by atoms with Gasteiger partial charge in [-0.05, 0) is 12.1 Å². The third-order valence-corrected chi connectivity index (χ3v) is 1.78. The van der Waals surface area contributed by atoms with Crippen LogP contribution >= 0.6 is 0 Å². The molecule has 0 spiro atoms. The number of benzene rings is 1. The topological polar surface area (TPSA) is 38.7 Å². The number of hydrogen-bond donors (Lipinski definition) is 1. The van der Waals surface area contributed by atoms with E-state index < -0.39 is 0 Å². The maximum atomic E-state index is 9.30. The molecule has 1 atom stereocenters. The summed E-state index contributed by atoms with van der Waals surface area (Å²) in [6.45, 7) is 0.748.